The summed E-state index contributed by atoms with van der Waals surface area (Å²) in [6, 6.07) is 4.87. The van der Waals surface area contributed by atoms with Crippen LogP contribution < -0.4 is 5.32 Å². The number of amides is 2. The maximum absolute atomic E-state index is 12.6. The van der Waals surface area contributed by atoms with Crippen molar-refractivity contribution in [1.29, 1.82) is 0 Å². The van der Waals surface area contributed by atoms with Gasteiger partial charge in [0.1, 0.15) is 0 Å². The molecule has 1 heterocycles. The molecule has 0 radical (unpaired) electrons. The first-order valence-corrected chi connectivity index (χ1v) is 10.1. The van der Waals surface area contributed by atoms with Crippen molar-refractivity contribution in [3.63, 3.8) is 0 Å². The van der Waals surface area contributed by atoms with Crippen molar-refractivity contribution < 1.29 is 9.59 Å². The molecule has 2 rings (SSSR count). The molecule has 1 fully saturated rings. The summed E-state index contributed by atoms with van der Waals surface area (Å²) in [6.07, 6.45) is 0. The van der Waals surface area contributed by atoms with E-state index < -0.39 is 0 Å². The average Bonchev–Trinajstić information content (AvgIpc) is 2.66. The Morgan fingerprint density at radius 3 is 2.37 bits per heavy atom. The van der Waals surface area contributed by atoms with Crippen LogP contribution >= 0.6 is 23.2 Å². The van der Waals surface area contributed by atoms with Crippen LogP contribution in [0.1, 0.15) is 20.8 Å². The number of hydrogen-bond acceptors (Lipinski definition) is 4. The van der Waals surface area contributed by atoms with Crippen molar-refractivity contribution in [2.75, 3.05) is 51.1 Å². The Morgan fingerprint density at radius 1 is 1.15 bits per heavy atom. The Bertz CT molecular complexity index is 659. The fraction of sp³-hybridized carbons (Fsp3) is 0.579. The molecule has 1 aliphatic heterocycles. The molecule has 1 aromatic carbocycles. The number of anilines is 1. The Balaban J connectivity index is 1.85. The van der Waals surface area contributed by atoms with E-state index in [9.17, 15) is 9.59 Å². The minimum Gasteiger partial charge on any atom is -0.342 e. The number of carbonyl (C=O) groups is 2. The van der Waals surface area contributed by atoms with Gasteiger partial charge >= 0.3 is 0 Å². The monoisotopic (exact) mass is 414 g/mol. The van der Waals surface area contributed by atoms with Gasteiger partial charge in [-0.05, 0) is 32.9 Å². The molecule has 0 saturated carbocycles. The zero-order valence-corrected chi connectivity index (χ0v) is 17.7. The van der Waals surface area contributed by atoms with Crippen LogP contribution in [0.2, 0.25) is 10.0 Å². The highest BCUT2D eigenvalue weighted by molar-refractivity contribution is 6.44. The van der Waals surface area contributed by atoms with E-state index in [1.807, 2.05) is 25.7 Å². The second-order valence-electron chi connectivity index (χ2n) is 6.64. The number of carbonyl (C=O) groups excluding carboxylic acids is 2. The fourth-order valence-electron chi connectivity index (χ4n) is 3.18. The molecule has 1 unspecified atom stereocenters. The van der Waals surface area contributed by atoms with Crippen molar-refractivity contribution in [2.24, 2.45) is 0 Å². The van der Waals surface area contributed by atoms with Gasteiger partial charge in [-0.25, -0.2) is 0 Å². The van der Waals surface area contributed by atoms with E-state index in [0.717, 1.165) is 39.3 Å². The van der Waals surface area contributed by atoms with E-state index in [0.29, 0.717) is 22.3 Å². The smallest absolute Gasteiger partial charge is 0.241 e. The van der Waals surface area contributed by atoms with Gasteiger partial charge in [0, 0.05) is 39.3 Å². The van der Waals surface area contributed by atoms with Crippen LogP contribution in [-0.2, 0) is 9.59 Å². The Labute approximate surface area is 171 Å². The molecule has 1 N–H and O–H groups in total. The SMILES string of the molecule is CCN(CC)C(=O)CN1CCN(C(C)C(=O)Nc2cccc(Cl)c2Cl)CC1. The van der Waals surface area contributed by atoms with E-state index in [1.165, 1.54) is 0 Å². The highest BCUT2D eigenvalue weighted by Gasteiger charge is 2.27. The van der Waals surface area contributed by atoms with E-state index in [-0.39, 0.29) is 17.9 Å². The maximum atomic E-state index is 12.6. The van der Waals surface area contributed by atoms with Crippen LogP contribution in [0, 0.1) is 0 Å². The zero-order chi connectivity index (χ0) is 20.0. The van der Waals surface area contributed by atoms with Gasteiger partial charge in [0.2, 0.25) is 11.8 Å². The van der Waals surface area contributed by atoms with Gasteiger partial charge in [-0.15, -0.1) is 0 Å². The lowest BCUT2D eigenvalue weighted by Crippen LogP contribution is -2.54. The lowest BCUT2D eigenvalue weighted by Gasteiger charge is -2.37. The number of rotatable bonds is 7. The molecule has 1 aromatic rings. The summed E-state index contributed by atoms with van der Waals surface area (Å²) in [7, 11) is 0. The first-order valence-electron chi connectivity index (χ1n) is 9.36. The average molecular weight is 415 g/mol. The minimum absolute atomic E-state index is 0.119. The van der Waals surface area contributed by atoms with Gasteiger partial charge in [-0.3, -0.25) is 19.4 Å². The molecule has 0 bridgehead atoms. The molecule has 6 nitrogen and oxygen atoms in total. The van der Waals surface area contributed by atoms with E-state index in [4.69, 9.17) is 23.2 Å². The van der Waals surface area contributed by atoms with Crippen molar-refractivity contribution in [1.82, 2.24) is 14.7 Å². The van der Waals surface area contributed by atoms with Crippen LogP contribution in [0.3, 0.4) is 0 Å². The third-order valence-electron chi connectivity index (χ3n) is 5.02. The highest BCUT2D eigenvalue weighted by Crippen LogP contribution is 2.29. The number of hydrogen-bond donors (Lipinski definition) is 1. The molecule has 1 aliphatic rings. The summed E-state index contributed by atoms with van der Waals surface area (Å²) in [4.78, 5) is 30.9. The topological polar surface area (TPSA) is 55.9 Å². The van der Waals surface area contributed by atoms with Crippen molar-refractivity contribution >= 4 is 40.7 Å². The molecule has 0 aromatic heterocycles. The summed E-state index contributed by atoms with van der Waals surface area (Å²) in [6.45, 7) is 10.8. The number of piperazine rings is 1. The number of nitrogens with zero attached hydrogens (tertiary/aromatic N) is 3. The number of benzene rings is 1. The van der Waals surface area contributed by atoms with Gasteiger partial charge in [0.15, 0.2) is 0 Å². The van der Waals surface area contributed by atoms with Gasteiger partial charge in [-0.1, -0.05) is 29.3 Å². The fourth-order valence-corrected chi connectivity index (χ4v) is 3.53. The van der Waals surface area contributed by atoms with Crippen LogP contribution in [0.25, 0.3) is 0 Å². The zero-order valence-electron chi connectivity index (χ0n) is 16.2. The summed E-state index contributed by atoms with van der Waals surface area (Å²) >= 11 is 12.1. The maximum Gasteiger partial charge on any atom is 0.241 e. The van der Waals surface area contributed by atoms with Crippen LogP contribution in [0.4, 0.5) is 5.69 Å². The molecule has 0 spiro atoms. The summed E-state index contributed by atoms with van der Waals surface area (Å²) in [5.41, 5.74) is 0.518. The lowest BCUT2D eigenvalue weighted by molar-refractivity contribution is -0.133. The third-order valence-corrected chi connectivity index (χ3v) is 5.84. The first-order chi connectivity index (χ1) is 12.9. The van der Waals surface area contributed by atoms with E-state index in [2.05, 4.69) is 15.1 Å². The van der Waals surface area contributed by atoms with Gasteiger partial charge in [0.05, 0.1) is 28.3 Å². The molecular weight excluding hydrogens is 387 g/mol. The first kappa shape index (κ1) is 22.0. The number of likely N-dealkylation sites (N-methyl/N-ethyl adjacent to an activating group) is 1. The quantitative estimate of drug-likeness (QED) is 0.744. The van der Waals surface area contributed by atoms with E-state index in [1.54, 1.807) is 18.2 Å². The van der Waals surface area contributed by atoms with Crippen LogP contribution in [0.5, 0.6) is 0 Å². The molecule has 1 atom stereocenters. The standard InChI is InChI=1S/C19H28Cl2N4O2/c1-4-24(5-2)17(26)13-23-9-11-25(12-10-23)14(3)19(27)22-16-8-6-7-15(20)18(16)21/h6-8,14H,4-5,9-13H2,1-3H3,(H,22,27). The molecule has 1 saturated heterocycles. The number of nitrogens with one attached hydrogen (secondary N) is 1. The Morgan fingerprint density at radius 2 is 1.78 bits per heavy atom. The van der Waals surface area contributed by atoms with Gasteiger partial charge < -0.3 is 10.2 Å². The highest BCUT2D eigenvalue weighted by atomic mass is 35.5. The summed E-state index contributed by atoms with van der Waals surface area (Å²) < 4.78 is 0. The van der Waals surface area contributed by atoms with Crippen LogP contribution in [-0.4, -0.2) is 78.4 Å². The molecule has 0 aliphatic carbocycles. The lowest BCUT2D eigenvalue weighted by atomic mass is 10.2. The Kier molecular flexibility index (Phi) is 8.35. The second kappa shape index (κ2) is 10.3. The van der Waals surface area contributed by atoms with Crippen molar-refractivity contribution in [2.45, 2.75) is 26.8 Å². The summed E-state index contributed by atoms with van der Waals surface area (Å²) in [5.74, 6) is 0.0432. The van der Waals surface area contributed by atoms with Crippen molar-refractivity contribution in [3.8, 4) is 0 Å². The van der Waals surface area contributed by atoms with Crippen LogP contribution in [0.15, 0.2) is 18.2 Å². The van der Waals surface area contributed by atoms with Gasteiger partial charge in [-0.2, -0.15) is 0 Å². The Hall–Kier alpha value is -1.34. The minimum atomic E-state index is -0.291. The molecule has 150 valence electrons. The normalized spacial score (nSPS) is 16.8. The van der Waals surface area contributed by atoms with Gasteiger partial charge in [0.25, 0.3) is 0 Å². The van der Waals surface area contributed by atoms with Crippen molar-refractivity contribution in [3.05, 3.63) is 28.2 Å². The predicted octanol–water partition coefficient (Wildman–Crippen LogP) is 2.81. The molecule has 8 heteroatoms. The predicted molar refractivity (Wildman–Crippen MR) is 110 cm³/mol. The molecule has 2 amide bonds. The third kappa shape index (κ3) is 5.82. The summed E-state index contributed by atoms with van der Waals surface area (Å²) in [5, 5.41) is 3.61. The largest absolute Gasteiger partial charge is 0.342 e. The molecular formula is C19H28Cl2N4O2. The molecule has 27 heavy (non-hydrogen) atoms. The second-order valence-corrected chi connectivity index (χ2v) is 7.43. The van der Waals surface area contributed by atoms with E-state index >= 15 is 0 Å². The number of halogens is 2.